The minimum absolute atomic E-state index is 0.0123. The Bertz CT molecular complexity index is 1140. The van der Waals surface area contributed by atoms with Crippen LogP contribution in [0.3, 0.4) is 0 Å². The number of phenols is 1. The molecule has 0 spiro atoms. The third kappa shape index (κ3) is 2.95. The maximum atomic E-state index is 14.7. The molecule has 1 unspecified atom stereocenters. The minimum atomic E-state index is -1.44. The van der Waals surface area contributed by atoms with Gasteiger partial charge in [-0.15, -0.1) is 0 Å². The lowest BCUT2D eigenvalue weighted by Crippen LogP contribution is -2.25. The van der Waals surface area contributed by atoms with Gasteiger partial charge in [0.2, 0.25) is 5.43 Å². The number of aromatic carboxylic acids is 1. The number of pyridine rings is 2. The van der Waals surface area contributed by atoms with Crippen LogP contribution in [-0.4, -0.2) is 50.0 Å². The van der Waals surface area contributed by atoms with E-state index in [4.69, 9.17) is 0 Å². The lowest BCUT2D eigenvalue weighted by atomic mass is 10.1. The fourth-order valence-electron chi connectivity index (χ4n) is 3.33. The molecule has 3 heterocycles. The van der Waals surface area contributed by atoms with Gasteiger partial charge in [0.25, 0.3) is 0 Å². The Balaban J connectivity index is 2.02. The van der Waals surface area contributed by atoms with Gasteiger partial charge in [-0.25, -0.2) is 14.2 Å². The number of benzene rings is 1. The topological polar surface area (TPSA) is 116 Å². The number of nitrogens with zero attached hydrogens (tertiary/aromatic N) is 3. The van der Waals surface area contributed by atoms with Crippen molar-refractivity contribution in [3.63, 3.8) is 0 Å². The van der Waals surface area contributed by atoms with Gasteiger partial charge in [-0.05, 0) is 36.8 Å². The normalized spacial score (nSPS) is 16.6. The van der Waals surface area contributed by atoms with Gasteiger partial charge < -0.3 is 24.8 Å². The van der Waals surface area contributed by atoms with E-state index in [1.807, 2.05) is 0 Å². The molecule has 0 bridgehead atoms. The van der Waals surface area contributed by atoms with E-state index in [-0.39, 0.29) is 29.1 Å². The van der Waals surface area contributed by atoms with Crippen LogP contribution in [0, 0.1) is 5.82 Å². The first-order valence-electron chi connectivity index (χ1n) is 8.57. The van der Waals surface area contributed by atoms with E-state index in [0.29, 0.717) is 18.7 Å². The van der Waals surface area contributed by atoms with Crippen molar-refractivity contribution in [2.45, 2.75) is 12.5 Å². The Morgan fingerprint density at radius 1 is 1.25 bits per heavy atom. The van der Waals surface area contributed by atoms with Gasteiger partial charge in [0, 0.05) is 25.0 Å². The molecule has 4 rings (SSSR count). The molecule has 1 saturated heterocycles. The molecule has 0 saturated carbocycles. The molecule has 144 valence electrons. The lowest BCUT2D eigenvalue weighted by molar-refractivity contribution is 0.0695. The molecule has 1 atom stereocenters. The van der Waals surface area contributed by atoms with Crippen LogP contribution in [0.15, 0.2) is 41.3 Å². The first-order valence-corrected chi connectivity index (χ1v) is 8.57. The molecule has 1 fully saturated rings. The number of aliphatic hydroxyl groups is 1. The Labute approximate surface area is 157 Å². The summed E-state index contributed by atoms with van der Waals surface area (Å²) in [5.41, 5.74) is -0.835. The molecule has 1 aromatic carbocycles. The number of carboxylic acid groups (broad SMARTS) is 1. The van der Waals surface area contributed by atoms with Crippen LogP contribution in [0.2, 0.25) is 0 Å². The highest BCUT2D eigenvalue weighted by Gasteiger charge is 2.26. The van der Waals surface area contributed by atoms with E-state index >= 15 is 0 Å². The SMILES string of the molecule is O=C(O)c1cn(-c2ccc(O)cc2)c2nc(N3CCC(O)C3)c(F)cc2c1=O. The summed E-state index contributed by atoms with van der Waals surface area (Å²) in [4.78, 5) is 29.9. The number of aliphatic hydroxyl groups excluding tert-OH is 1. The number of fused-ring (bicyclic) bond motifs is 1. The maximum Gasteiger partial charge on any atom is 0.341 e. The minimum Gasteiger partial charge on any atom is -0.508 e. The van der Waals surface area contributed by atoms with Crippen molar-refractivity contribution in [3.05, 3.63) is 58.1 Å². The van der Waals surface area contributed by atoms with Crippen LogP contribution in [0.5, 0.6) is 5.75 Å². The second-order valence-electron chi connectivity index (χ2n) is 6.62. The van der Waals surface area contributed by atoms with E-state index in [1.54, 1.807) is 4.90 Å². The van der Waals surface area contributed by atoms with E-state index in [1.165, 1.54) is 28.8 Å². The molecule has 0 amide bonds. The Kier molecular flexibility index (Phi) is 4.23. The number of rotatable bonds is 3. The van der Waals surface area contributed by atoms with Gasteiger partial charge in [0.05, 0.1) is 11.5 Å². The van der Waals surface area contributed by atoms with Crippen molar-refractivity contribution in [1.82, 2.24) is 9.55 Å². The van der Waals surface area contributed by atoms with Gasteiger partial charge in [-0.2, -0.15) is 0 Å². The number of aromatic hydroxyl groups is 1. The first kappa shape index (κ1) is 17.9. The molecule has 0 aliphatic carbocycles. The number of hydrogen-bond acceptors (Lipinski definition) is 6. The first-order chi connectivity index (χ1) is 13.3. The molecule has 0 radical (unpaired) electrons. The van der Waals surface area contributed by atoms with E-state index in [9.17, 15) is 29.3 Å². The monoisotopic (exact) mass is 385 g/mol. The zero-order valence-corrected chi connectivity index (χ0v) is 14.5. The number of phenolic OH excluding ortho intramolecular Hbond substituents is 1. The predicted molar refractivity (Wildman–Crippen MR) is 98.8 cm³/mol. The van der Waals surface area contributed by atoms with Gasteiger partial charge >= 0.3 is 5.97 Å². The number of β-amino-alcohol motifs (C(OH)–C–C–N with tert-alkyl or cyclic N) is 1. The summed E-state index contributed by atoms with van der Waals surface area (Å²) in [6, 6.07) is 6.83. The number of hydrogen-bond donors (Lipinski definition) is 3. The molecular weight excluding hydrogens is 369 g/mol. The molecule has 2 aromatic heterocycles. The smallest absolute Gasteiger partial charge is 0.341 e. The fraction of sp³-hybridized carbons (Fsp3) is 0.211. The highest BCUT2D eigenvalue weighted by Crippen LogP contribution is 2.26. The van der Waals surface area contributed by atoms with Crippen LogP contribution in [0.4, 0.5) is 10.2 Å². The highest BCUT2D eigenvalue weighted by atomic mass is 19.1. The van der Waals surface area contributed by atoms with Gasteiger partial charge in [0.15, 0.2) is 17.3 Å². The van der Waals surface area contributed by atoms with E-state index in [0.717, 1.165) is 12.3 Å². The number of halogens is 1. The third-order valence-electron chi connectivity index (χ3n) is 4.73. The molecule has 3 N–H and O–H groups in total. The summed E-state index contributed by atoms with van der Waals surface area (Å²) in [6.07, 6.45) is 1.01. The summed E-state index contributed by atoms with van der Waals surface area (Å²) in [7, 11) is 0. The van der Waals surface area contributed by atoms with Crippen molar-refractivity contribution in [2.24, 2.45) is 0 Å². The van der Waals surface area contributed by atoms with Crippen molar-refractivity contribution in [3.8, 4) is 11.4 Å². The molecule has 1 aliphatic heterocycles. The molecule has 1 aliphatic rings. The highest BCUT2D eigenvalue weighted by molar-refractivity contribution is 5.92. The summed E-state index contributed by atoms with van der Waals surface area (Å²) >= 11 is 0. The molecule has 28 heavy (non-hydrogen) atoms. The Morgan fingerprint density at radius 2 is 1.96 bits per heavy atom. The fourth-order valence-corrected chi connectivity index (χ4v) is 3.33. The van der Waals surface area contributed by atoms with Gasteiger partial charge in [-0.1, -0.05) is 0 Å². The van der Waals surface area contributed by atoms with E-state index < -0.39 is 28.9 Å². The zero-order valence-electron chi connectivity index (χ0n) is 14.5. The van der Waals surface area contributed by atoms with Gasteiger partial charge in [-0.3, -0.25) is 4.79 Å². The number of carboxylic acids is 1. The number of anilines is 1. The second kappa shape index (κ2) is 6.61. The van der Waals surface area contributed by atoms with Crippen LogP contribution < -0.4 is 10.3 Å². The number of aromatic nitrogens is 2. The van der Waals surface area contributed by atoms with Crippen molar-refractivity contribution in [2.75, 3.05) is 18.0 Å². The lowest BCUT2D eigenvalue weighted by Gasteiger charge is -2.19. The summed E-state index contributed by atoms with van der Waals surface area (Å²) in [5, 5.41) is 28.4. The van der Waals surface area contributed by atoms with Crippen LogP contribution in [-0.2, 0) is 0 Å². The van der Waals surface area contributed by atoms with Crippen molar-refractivity contribution >= 4 is 22.8 Å². The van der Waals surface area contributed by atoms with Crippen LogP contribution in [0.1, 0.15) is 16.8 Å². The maximum absolute atomic E-state index is 14.7. The largest absolute Gasteiger partial charge is 0.508 e. The van der Waals surface area contributed by atoms with Crippen molar-refractivity contribution < 1.29 is 24.5 Å². The predicted octanol–water partition coefficient (Wildman–Crippen LogP) is 1.50. The third-order valence-corrected chi connectivity index (χ3v) is 4.73. The summed E-state index contributed by atoms with van der Waals surface area (Å²) < 4.78 is 16.1. The van der Waals surface area contributed by atoms with Crippen LogP contribution in [0.25, 0.3) is 16.7 Å². The van der Waals surface area contributed by atoms with Crippen LogP contribution >= 0.6 is 0 Å². The summed E-state index contributed by atoms with van der Waals surface area (Å²) in [6.45, 7) is 0.624. The summed E-state index contributed by atoms with van der Waals surface area (Å²) in [5.74, 6) is -2.21. The standard InChI is InChI=1S/C19H16FN3O5/c20-15-7-13-16(26)14(19(27)28)9-23(10-1-3-11(24)4-2-10)17(13)21-18(15)22-6-5-12(25)8-22/h1-4,7,9,12,24-25H,5-6,8H2,(H,27,28). The Morgan fingerprint density at radius 3 is 2.57 bits per heavy atom. The van der Waals surface area contributed by atoms with E-state index in [2.05, 4.69) is 4.98 Å². The molecule has 8 nitrogen and oxygen atoms in total. The molecular formula is C19H16FN3O5. The van der Waals surface area contributed by atoms with Crippen molar-refractivity contribution in [1.29, 1.82) is 0 Å². The zero-order chi connectivity index (χ0) is 20.0. The quantitative estimate of drug-likeness (QED) is 0.626. The second-order valence-corrected chi connectivity index (χ2v) is 6.62. The average Bonchev–Trinajstić information content (AvgIpc) is 3.09. The number of carbonyl (C=O) groups is 1. The average molecular weight is 385 g/mol. The molecule has 9 heteroatoms. The molecule has 3 aromatic rings. The Hall–Kier alpha value is -3.46. The van der Waals surface area contributed by atoms with Gasteiger partial charge in [0.1, 0.15) is 11.3 Å².